The van der Waals surface area contributed by atoms with Crippen LogP contribution in [-0.4, -0.2) is 23.0 Å². The Morgan fingerprint density at radius 3 is 2.26 bits per heavy atom. The maximum Gasteiger partial charge on any atom is 0.335 e. The number of nitrogens with zero attached hydrogens (tertiary/aromatic N) is 1. The number of carboxylic acid groups (broad SMARTS) is 1. The molecule has 158 valence electrons. The van der Waals surface area contributed by atoms with Crippen molar-refractivity contribution in [2.24, 2.45) is 0 Å². The lowest BCUT2D eigenvalue weighted by Gasteiger charge is -2.39. The first-order valence-corrected chi connectivity index (χ1v) is 10.5. The Kier molecular flexibility index (Phi) is 5.70. The molecule has 0 bridgehead atoms. The van der Waals surface area contributed by atoms with Gasteiger partial charge in [0.05, 0.1) is 11.6 Å². The summed E-state index contributed by atoms with van der Waals surface area (Å²) in [5.74, 6) is -0.937. The summed E-state index contributed by atoms with van der Waals surface area (Å²) in [5.41, 5.74) is 5.02. The van der Waals surface area contributed by atoms with Crippen molar-refractivity contribution in [3.05, 3.63) is 82.9 Å². The molecule has 2 N–H and O–H groups in total. The average Bonchev–Trinajstić information content (AvgIpc) is 2.75. The van der Waals surface area contributed by atoms with Gasteiger partial charge in [-0.15, -0.1) is 0 Å². The number of carbonyl (C=O) groups is 2. The van der Waals surface area contributed by atoms with Crippen LogP contribution in [0.3, 0.4) is 0 Å². The van der Waals surface area contributed by atoms with Gasteiger partial charge in [-0.3, -0.25) is 4.79 Å². The predicted molar refractivity (Wildman–Crippen MR) is 124 cm³/mol. The third-order valence-electron chi connectivity index (χ3n) is 5.67. The molecular weight excluding hydrogens is 412 g/mol. The average molecular weight is 435 g/mol. The Balaban J connectivity index is 1.75. The Labute approximate surface area is 186 Å². The van der Waals surface area contributed by atoms with E-state index >= 15 is 0 Å². The molecule has 1 aliphatic rings. The van der Waals surface area contributed by atoms with E-state index in [1.54, 1.807) is 31.2 Å². The molecule has 0 fully saturated rings. The fraction of sp³-hybridized carbons (Fsp3) is 0.200. The molecule has 0 spiro atoms. The topological polar surface area (TPSA) is 69.6 Å². The molecule has 1 amide bonds. The van der Waals surface area contributed by atoms with Crippen molar-refractivity contribution >= 4 is 34.9 Å². The molecule has 4 rings (SSSR count). The summed E-state index contributed by atoms with van der Waals surface area (Å²) < 4.78 is 0. The number of hydrogen-bond acceptors (Lipinski definition) is 3. The zero-order chi connectivity index (χ0) is 22.1. The van der Waals surface area contributed by atoms with E-state index in [0.717, 1.165) is 34.5 Å². The van der Waals surface area contributed by atoms with Gasteiger partial charge in [-0.25, -0.2) is 4.79 Å². The molecule has 1 aliphatic heterocycles. The van der Waals surface area contributed by atoms with Crippen molar-refractivity contribution in [3.8, 4) is 11.1 Å². The van der Waals surface area contributed by atoms with Crippen molar-refractivity contribution in [1.82, 2.24) is 0 Å². The Morgan fingerprint density at radius 2 is 1.65 bits per heavy atom. The summed E-state index contributed by atoms with van der Waals surface area (Å²) in [6.07, 6.45) is 0.761. The van der Waals surface area contributed by atoms with Crippen LogP contribution in [0.2, 0.25) is 5.02 Å². The number of benzene rings is 3. The van der Waals surface area contributed by atoms with E-state index in [1.165, 1.54) is 0 Å². The third kappa shape index (κ3) is 4.28. The SMILES string of the molecule is CC(=O)N1c2ccc(-c3ccc(C(=O)O)cc3)cc2[C@H](Nc2ccc(Cl)cc2)C[C@H]1C. The molecule has 0 saturated carbocycles. The standard InChI is InChI=1S/C25H23ClN2O3/c1-15-13-23(27-21-10-8-20(26)9-11-21)22-14-19(7-12-24(22)28(15)16(2)29)17-3-5-18(6-4-17)25(30)31/h3-12,14-15,23,27H,13H2,1-2H3,(H,30,31)/t15-,23-/m1/s1. The van der Waals surface area contributed by atoms with Crippen LogP contribution in [0.25, 0.3) is 11.1 Å². The zero-order valence-electron chi connectivity index (χ0n) is 17.3. The van der Waals surface area contributed by atoms with Crippen LogP contribution in [0.4, 0.5) is 11.4 Å². The number of amides is 1. The van der Waals surface area contributed by atoms with Crippen molar-refractivity contribution < 1.29 is 14.7 Å². The lowest BCUT2D eigenvalue weighted by atomic mass is 9.88. The molecule has 0 unspecified atom stereocenters. The summed E-state index contributed by atoms with van der Waals surface area (Å²) in [7, 11) is 0. The fourth-order valence-electron chi connectivity index (χ4n) is 4.21. The van der Waals surface area contributed by atoms with Crippen molar-refractivity contribution in [2.75, 3.05) is 10.2 Å². The van der Waals surface area contributed by atoms with Crippen LogP contribution in [0.15, 0.2) is 66.7 Å². The van der Waals surface area contributed by atoms with Crippen molar-refractivity contribution in [1.29, 1.82) is 0 Å². The summed E-state index contributed by atoms with van der Waals surface area (Å²) >= 11 is 6.02. The van der Waals surface area contributed by atoms with Crippen molar-refractivity contribution in [3.63, 3.8) is 0 Å². The molecule has 6 heteroatoms. The predicted octanol–water partition coefficient (Wildman–Crippen LogP) is 6.00. The zero-order valence-corrected chi connectivity index (χ0v) is 18.1. The largest absolute Gasteiger partial charge is 0.478 e. The third-order valence-corrected chi connectivity index (χ3v) is 5.92. The number of hydrogen-bond donors (Lipinski definition) is 2. The number of nitrogens with one attached hydrogen (secondary N) is 1. The minimum atomic E-state index is -0.949. The highest BCUT2D eigenvalue weighted by Gasteiger charge is 2.32. The second-order valence-electron chi connectivity index (χ2n) is 7.83. The van der Waals surface area contributed by atoms with Gasteiger partial charge in [0.25, 0.3) is 0 Å². The number of rotatable bonds is 4. The van der Waals surface area contributed by atoms with Gasteiger partial charge in [0.1, 0.15) is 0 Å². The summed E-state index contributed by atoms with van der Waals surface area (Å²) in [5, 5.41) is 13.4. The van der Waals surface area contributed by atoms with E-state index in [-0.39, 0.29) is 23.6 Å². The second kappa shape index (κ2) is 8.44. The van der Waals surface area contributed by atoms with Crippen LogP contribution in [0.1, 0.15) is 42.2 Å². The monoisotopic (exact) mass is 434 g/mol. The quantitative estimate of drug-likeness (QED) is 0.528. The number of fused-ring (bicyclic) bond motifs is 1. The molecule has 3 aromatic rings. The maximum absolute atomic E-state index is 12.4. The van der Waals surface area contributed by atoms with Gasteiger partial charge < -0.3 is 15.3 Å². The molecule has 0 radical (unpaired) electrons. The summed E-state index contributed by atoms with van der Waals surface area (Å²) in [4.78, 5) is 25.4. The Bertz CT molecular complexity index is 1130. The molecule has 31 heavy (non-hydrogen) atoms. The lowest BCUT2D eigenvalue weighted by Crippen LogP contribution is -2.43. The van der Waals surface area contributed by atoms with Gasteiger partial charge in [0.2, 0.25) is 5.91 Å². The normalized spacial score (nSPS) is 17.7. The highest BCUT2D eigenvalue weighted by molar-refractivity contribution is 6.30. The van der Waals surface area contributed by atoms with E-state index < -0.39 is 5.97 Å². The maximum atomic E-state index is 12.4. The molecule has 0 saturated heterocycles. The highest BCUT2D eigenvalue weighted by atomic mass is 35.5. The van der Waals surface area contributed by atoms with Crippen LogP contribution in [0, 0.1) is 0 Å². The van der Waals surface area contributed by atoms with Gasteiger partial charge >= 0.3 is 5.97 Å². The van der Waals surface area contributed by atoms with Crippen LogP contribution < -0.4 is 10.2 Å². The first-order chi connectivity index (χ1) is 14.8. The summed E-state index contributed by atoms with van der Waals surface area (Å²) in [6.45, 7) is 3.64. The summed E-state index contributed by atoms with van der Waals surface area (Å²) in [6, 6.07) is 20.5. The van der Waals surface area contributed by atoms with Crippen LogP contribution in [0.5, 0.6) is 0 Å². The molecule has 0 aliphatic carbocycles. The highest BCUT2D eigenvalue weighted by Crippen LogP contribution is 2.41. The number of carbonyl (C=O) groups excluding carboxylic acids is 1. The van der Waals surface area contributed by atoms with Crippen LogP contribution in [-0.2, 0) is 4.79 Å². The van der Waals surface area contributed by atoms with Gasteiger partial charge in [-0.1, -0.05) is 29.8 Å². The number of aromatic carboxylic acids is 1. The minimum Gasteiger partial charge on any atom is -0.478 e. The van der Waals surface area contributed by atoms with Gasteiger partial charge in [-0.05, 0) is 78.6 Å². The van der Waals surface area contributed by atoms with Gasteiger partial charge in [0.15, 0.2) is 0 Å². The van der Waals surface area contributed by atoms with Crippen molar-refractivity contribution in [2.45, 2.75) is 32.4 Å². The number of carboxylic acids is 1. The molecular formula is C25H23ClN2O3. The van der Waals surface area contributed by atoms with Crippen LogP contribution >= 0.6 is 11.6 Å². The number of anilines is 2. The smallest absolute Gasteiger partial charge is 0.335 e. The Morgan fingerprint density at radius 1 is 1.00 bits per heavy atom. The number of halogens is 1. The first kappa shape index (κ1) is 20.9. The molecule has 5 nitrogen and oxygen atoms in total. The van der Waals surface area contributed by atoms with Gasteiger partial charge in [-0.2, -0.15) is 0 Å². The lowest BCUT2D eigenvalue weighted by molar-refractivity contribution is -0.117. The molecule has 3 aromatic carbocycles. The van der Waals surface area contributed by atoms with E-state index in [0.29, 0.717) is 5.02 Å². The van der Waals surface area contributed by atoms with E-state index in [1.807, 2.05) is 41.3 Å². The first-order valence-electron chi connectivity index (χ1n) is 10.1. The van der Waals surface area contributed by atoms with E-state index in [2.05, 4.69) is 18.3 Å². The Hall–Kier alpha value is -3.31. The molecule has 0 aromatic heterocycles. The molecule has 2 atom stereocenters. The second-order valence-corrected chi connectivity index (χ2v) is 8.27. The van der Waals surface area contributed by atoms with Gasteiger partial charge in [0, 0.05) is 29.4 Å². The fourth-order valence-corrected chi connectivity index (χ4v) is 4.34. The minimum absolute atomic E-state index is 0.0113. The van der Waals surface area contributed by atoms with E-state index in [4.69, 9.17) is 16.7 Å². The molecule has 1 heterocycles. The van der Waals surface area contributed by atoms with E-state index in [9.17, 15) is 9.59 Å².